The Balaban J connectivity index is 1.84. The highest BCUT2D eigenvalue weighted by Gasteiger charge is 2.08. The summed E-state index contributed by atoms with van der Waals surface area (Å²) in [5.74, 6) is -1.91. The Morgan fingerprint density at radius 2 is 2.09 bits per heavy atom. The van der Waals surface area contributed by atoms with Crippen molar-refractivity contribution >= 4 is 5.91 Å². The second-order valence-corrected chi connectivity index (χ2v) is 4.31. The van der Waals surface area contributed by atoms with Gasteiger partial charge >= 0.3 is 0 Å². The number of nitrogens with one attached hydrogen (secondary N) is 1. The number of benzene rings is 1. The molecule has 7 heteroatoms. The van der Waals surface area contributed by atoms with Gasteiger partial charge in [-0.3, -0.25) is 4.79 Å². The molecule has 0 saturated heterocycles. The molecule has 0 aliphatic carbocycles. The van der Waals surface area contributed by atoms with Crippen LogP contribution in [0.5, 0.6) is 11.6 Å². The number of methoxy groups -OCH3 is 1. The molecule has 1 amide bonds. The number of ether oxygens (including phenoxy) is 2. The summed E-state index contributed by atoms with van der Waals surface area (Å²) in [6, 6.07) is 6.55. The van der Waals surface area contributed by atoms with Crippen LogP contribution in [0.25, 0.3) is 0 Å². The number of carbonyl (C=O) groups excluding carboxylic acids is 1. The Labute approximate surface area is 125 Å². The molecule has 1 heterocycles. The highest BCUT2D eigenvalue weighted by Crippen LogP contribution is 2.15. The molecule has 116 valence electrons. The molecular weight excluding hydrogens is 294 g/mol. The summed E-state index contributed by atoms with van der Waals surface area (Å²) in [6.45, 7) is -0.0926. The third-order valence-electron chi connectivity index (χ3n) is 2.78. The fourth-order valence-electron chi connectivity index (χ4n) is 1.70. The van der Waals surface area contributed by atoms with Crippen LogP contribution in [0.3, 0.4) is 0 Å². The van der Waals surface area contributed by atoms with Gasteiger partial charge < -0.3 is 14.8 Å². The molecule has 22 heavy (non-hydrogen) atoms. The zero-order valence-corrected chi connectivity index (χ0v) is 11.8. The van der Waals surface area contributed by atoms with Crippen LogP contribution >= 0.6 is 0 Å². The van der Waals surface area contributed by atoms with E-state index in [0.29, 0.717) is 11.4 Å². The molecule has 0 unspecified atom stereocenters. The number of pyridine rings is 1. The van der Waals surface area contributed by atoms with Gasteiger partial charge in [-0.2, -0.15) is 0 Å². The molecule has 0 aliphatic heterocycles. The Hall–Kier alpha value is -2.70. The van der Waals surface area contributed by atoms with Crippen LogP contribution in [0.15, 0.2) is 36.5 Å². The molecule has 0 aliphatic rings. The van der Waals surface area contributed by atoms with Gasteiger partial charge in [0.1, 0.15) is 5.75 Å². The maximum atomic E-state index is 13.0. The first kappa shape index (κ1) is 15.7. The number of carbonyl (C=O) groups is 1. The van der Waals surface area contributed by atoms with Gasteiger partial charge in [0.2, 0.25) is 5.88 Å². The first-order chi connectivity index (χ1) is 10.6. The standard InChI is InChI=1S/C15H14F2N2O3/c1-21-15-10(3-2-6-18-15)8-19-14(20)9-22-11-4-5-12(16)13(17)7-11/h2-7H,8-9H2,1H3,(H,19,20). The molecule has 1 N–H and O–H groups in total. The number of halogens is 2. The average molecular weight is 308 g/mol. The fourth-order valence-corrected chi connectivity index (χ4v) is 1.70. The van der Waals surface area contributed by atoms with Crippen molar-refractivity contribution in [1.82, 2.24) is 10.3 Å². The Morgan fingerprint density at radius 3 is 2.82 bits per heavy atom. The number of rotatable bonds is 6. The minimum Gasteiger partial charge on any atom is -0.484 e. The van der Waals surface area contributed by atoms with E-state index in [4.69, 9.17) is 9.47 Å². The van der Waals surface area contributed by atoms with Crippen LogP contribution < -0.4 is 14.8 Å². The lowest BCUT2D eigenvalue weighted by molar-refractivity contribution is -0.123. The molecule has 0 radical (unpaired) electrons. The Morgan fingerprint density at radius 1 is 1.27 bits per heavy atom. The Kier molecular flexibility index (Phi) is 5.24. The molecule has 0 spiro atoms. The van der Waals surface area contributed by atoms with Crippen molar-refractivity contribution in [1.29, 1.82) is 0 Å². The highest BCUT2D eigenvalue weighted by molar-refractivity contribution is 5.77. The van der Waals surface area contributed by atoms with E-state index in [1.165, 1.54) is 13.2 Å². The lowest BCUT2D eigenvalue weighted by Crippen LogP contribution is -2.28. The first-order valence-corrected chi connectivity index (χ1v) is 6.42. The van der Waals surface area contributed by atoms with Crippen molar-refractivity contribution < 1.29 is 23.0 Å². The quantitative estimate of drug-likeness (QED) is 0.887. The topological polar surface area (TPSA) is 60.5 Å². The molecule has 1 aromatic carbocycles. The van der Waals surface area contributed by atoms with Crippen LogP contribution in [-0.2, 0) is 11.3 Å². The van der Waals surface area contributed by atoms with E-state index in [1.54, 1.807) is 18.3 Å². The summed E-state index contributed by atoms with van der Waals surface area (Å²) in [4.78, 5) is 15.7. The molecule has 0 bridgehead atoms. The van der Waals surface area contributed by atoms with Crippen LogP contribution in [-0.4, -0.2) is 24.6 Å². The van der Waals surface area contributed by atoms with Crippen molar-refractivity contribution in [2.75, 3.05) is 13.7 Å². The lowest BCUT2D eigenvalue weighted by Gasteiger charge is -2.09. The predicted molar refractivity (Wildman–Crippen MR) is 74.5 cm³/mol. The van der Waals surface area contributed by atoms with E-state index >= 15 is 0 Å². The largest absolute Gasteiger partial charge is 0.484 e. The zero-order valence-electron chi connectivity index (χ0n) is 11.8. The van der Waals surface area contributed by atoms with E-state index in [0.717, 1.165) is 12.1 Å². The maximum absolute atomic E-state index is 13.0. The highest BCUT2D eigenvalue weighted by atomic mass is 19.2. The summed E-state index contributed by atoms with van der Waals surface area (Å²) in [5.41, 5.74) is 0.714. The second-order valence-electron chi connectivity index (χ2n) is 4.31. The van der Waals surface area contributed by atoms with E-state index in [-0.39, 0.29) is 18.9 Å². The summed E-state index contributed by atoms with van der Waals surface area (Å²) < 4.78 is 35.9. The number of hydrogen-bond donors (Lipinski definition) is 1. The molecule has 0 fully saturated rings. The van der Waals surface area contributed by atoms with Crippen molar-refractivity contribution in [2.24, 2.45) is 0 Å². The first-order valence-electron chi connectivity index (χ1n) is 6.42. The molecular formula is C15H14F2N2O3. The second kappa shape index (κ2) is 7.35. The zero-order chi connectivity index (χ0) is 15.9. The van der Waals surface area contributed by atoms with E-state index in [1.807, 2.05) is 0 Å². The maximum Gasteiger partial charge on any atom is 0.258 e. The van der Waals surface area contributed by atoms with E-state index < -0.39 is 17.5 Å². The minimum atomic E-state index is -1.03. The number of aromatic nitrogens is 1. The van der Waals surface area contributed by atoms with Gasteiger partial charge in [-0.1, -0.05) is 6.07 Å². The van der Waals surface area contributed by atoms with Gasteiger partial charge in [-0.25, -0.2) is 13.8 Å². The molecule has 5 nitrogen and oxygen atoms in total. The third kappa shape index (κ3) is 4.15. The van der Waals surface area contributed by atoms with Crippen LogP contribution in [0.2, 0.25) is 0 Å². The van der Waals surface area contributed by atoms with Gasteiger partial charge in [0.25, 0.3) is 5.91 Å². The molecule has 2 rings (SSSR count). The molecule has 0 atom stereocenters. The predicted octanol–water partition coefficient (Wildman–Crippen LogP) is 2.06. The van der Waals surface area contributed by atoms with Gasteiger partial charge in [0, 0.05) is 24.4 Å². The smallest absolute Gasteiger partial charge is 0.258 e. The van der Waals surface area contributed by atoms with E-state index in [2.05, 4.69) is 10.3 Å². The molecule has 2 aromatic rings. The number of nitrogens with zero attached hydrogens (tertiary/aromatic N) is 1. The van der Waals surface area contributed by atoms with Gasteiger partial charge in [0.15, 0.2) is 18.2 Å². The normalized spacial score (nSPS) is 10.1. The fraction of sp³-hybridized carbons (Fsp3) is 0.200. The molecule has 0 saturated carbocycles. The van der Waals surface area contributed by atoms with Crippen LogP contribution in [0, 0.1) is 11.6 Å². The number of hydrogen-bond acceptors (Lipinski definition) is 4. The molecule has 1 aromatic heterocycles. The van der Waals surface area contributed by atoms with Crippen LogP contribution in [0.1, 0.15) is 5.56 Å². The minimum absolute atomic E-state index is 0.0769. The van der Waals surface area contributed by atoms with E-state index in [9.17, 15) is 13.6 Å². The van der Waals surface area contributed by atoms with Crippen molar-refractivity contribution in [2.45, 2.75) is 6.54 Å². The third-order valence-corrected chi connectivity index (χ3v) is 2.78. The van der Waals surface area contributed by atoms with Gasteiger partial charge in [-0.15, -0.1) is 0 Å². The Bertz CT molecular complexity index is 665. The van der Waals surface area contributed by atoms with Crippen molar-refractivity contribution in [3.63, 3.8) is 0 Å². The van der Waals surface area contributed by atoms with Crippen molar-refractivity contribution in [3.05, 3.63) is 53.7 Å². The summed E-state index contributed by atoms with van der Waals surface area (Å²) in [6.07, 6.45) is 1.58. The monoisotopic (exact) mass is 308 g/mol. The van der Waals surface area contributed by atoms with Gasteiger partial charge in [-0.05, 0) is 18.2 Å². The van der Waals surface area contributed by atoms with Gasteiger partial charge in [0.05, 0.1) is 7.11 Å². The summed E-state index contributed by atoms with van der Waals surface area (Å²) in [5, 5.41) is 2.62. The number of amides is 1. The summed E-state index contributed by atoms with van der Waals surface area (Å²) in [7, 11) is 1.49. The van der Waals surface area contributed by atoms with Crippen molar-refractivity contribution in [3.8, 4) is 11.6 Å². The van der Waals surface area contributed by atoms with Crippen LogP contribution in [0.4, 0.5) is 8.78 Å². The lowest BCUT2D eigenvalue weighted by atomic mass is 10.2. The average Bonchev–Trinajstić information content (AvgIpc) is 2.54. The SMILES string of the molecule is COc1ncccc1CNC(=O)COc1ccc(F)c(F)c1. The summed E-state index contributed by atoms with van der Waals surface area (Å²) >= 11 is 0.